The number of hydrogen-bond acceptors (Lipinski definition) is 1. The lowest BCUT2D eigenvalue weighted by Crippen LogP contribution is -2.25. The van der Waals surface area contributed by atoms with Crippen LogP contribution >= 0.6 is 0 Å². The van der Waals surface area contributed by atoms with E-state index in [9.17, 15) is 5.11 Å². The Bertz CT molecular complexity index is 476. The van der Waals surface area contributed by atoms with Gasteiger partial charge in [0.1, 0.15) is 5.75 Å². The topological polar surface area (TPSA) is 20.2 Å². The van der Waals surface area contributed by atoms with Gasteiger partial charge < -0.3 is 5.11 Å². The van der Waals surface area contributed by atoms with E-state index >= 15 is 0 Å². The Morgan fingerprint density at radius 3 is 2.09 bits per heavy atom. The van der Waals surface area contributed by atoms with Gasteiger partial charge in [-0.25, -0.2) is 0 Å². The van der Waals surface area contributed by atoms with Crippen molar-refractivity contribution in [2.45, 2.75) is 63.7 Å². The van der Waals surface area contributed by atoms with Gasteiger partial charge in [0.25, 0.3) is 0 Å². The first-order valence-corrected chi connectivity index (χ1v) is 9.16. The van der Waals surface area contributed by atoms with E-state index in [0.29, 0.717) is 11.7 Å². The number of benzene rings is 1. The van der Waals surface area contributed by atoms with Crippen molar-refractivity contribution in [1.29, 1.82) is 0 Å². The minimum Gasteiger partial charge on any atom is -0.508 e. The Morgan fingerprint density at radius 2 is 1.50 bits per heavy atom. The number of allylic oxidation sites excluding steroid dienone is 1. The van der Waals surface area contributed by atoms with Gasteiger partial charge in [-0.1, -0.05) is 24.3 Å². The number of rotatable bonds is 4. The van der Waals surface area contributed by atoms with E-state index in [1.54, 1.807) is 0 Å². The third-order valence-electron chi connectivity index (χ3n) is 6.21. The zero-order valence-electron chi connectivity index (χ0n) is 13.7. The number of phenolic OH excluding ortho intramolecular Hbond substituents is 1. The van der Waals surface area contributed by atoms with Gasteiger partial charge in [-0.05, 0) is 93.1 Å². The van der Waals surface area contributed by atoms with E-state index in [0.717, 1.165) is 17.8 Å². The van der Waals surface area contributed by atoms with E-state index in [4.69, 9.17) is 0 Å². The van der Waals surface area contributed by atoms with Crippen molar-refractivity contribution in [3.8, 4) is 5.75 Å². The molecule has 0 spiro atoms. The number of para-hydroxylation sites is 1. The summed E-state index contributed by atoms with van der Waals surface area (Å²) in [5.41, 5.74) is 1.18. The summed E-state index contributed by atoms with van der Waals surface area (Å²) in [5.74, 6) is 3.88. The lowest BCUT2D eigenvalue weighted by Gasteiger charge is -2.38. The largest absolute Gasteiger partial charge is 0.508 e. The van der Waals surface area contributed by atoms with Crippen molar-refractivity contribution < 1.29 is 5.11 Å². The molecule has 0 amide bonds. The fourth-order valence-corrected chi connectivity index (χ4v) is 4.87. The van der Waals surface area contributed by atoms with Gasteiger partial charge in [-0.2, -0.15) is 0 Å². The molecule has 0 radical (unpaired) electrons. The molecule has 2 aliphatic carbocycles. The molecule has 120 valence electrons. The summed E-state index contributed by atoms with van der Waals surface area (Å²) in [4.78, 5) is 0. The minimum absolute atomic E-state index is 0.496. The highest BCUT2D eigenvalue weighted by atomic mass is 16.3. The third-order valence-corrected chi connectivity index (χ3v) is 6.21. The molecule has 0 aromatic heterocycles. The SMILES string of the molecule is C=CC[C@H]1CC[C@H]([C@H]2CC[C@H](c3ccccc3O)CC2)CC1. The molecule has 3 rings (SSSR count). The first-order valence-electron chi connectivity index (χ1n) is 9.16. The molecule has 2 aliphatic rings. The molecule has 2 fully saturated rings. The van der Waals surface area contributed by atoms with Gasteiger partial charge in [0, 0.05) is 0 Å². The average Bonchev–Trinajstić information content (AvgIpc) is 2.57. The third kappa shape index (κ3) is 3.56. The van der Waals surface area contributed by atoms with E-state index in [-0.39, 0.29) is 0 Å². The molecule has 0 unspecified atom stereocenters. The summed E-state index contributed by atoms with van der Waals surface area (Å²) >= 11 is 0. The Morgan fingerprint density at radius 1 is 0.909 bits per heavy atom. The monoisotopic (exact) mass is 298 g/mol. The van der Waals surface area contributed by atoms with Gasteiger partial charge >= 0.3 is 0 Å². The number of aromatic hydroxyl groups is 1. The van der Waals surface area contributed by atoms with Crippen LogP contribution in [0.4, 0.5) is 0 Å². The fourth-order valence-electron chi connectivity index (χ4n) is 4.87. The minimum atomic E-state index is 0.496. The first kappa shape index (κ1) is 15.6. The van der Waals surface area contributed by atoms with Crippen molar-refractivity contribution in [2.75, 3.05) is 0 Å². The molecule has 1 heteroatoms. The highest BCUT2D eigenvalue weighted by Crippen LogP contribution is 2.45. The molecule has 0 saturated heterocycles. The van der Waals surface area contributed by atoms with Crippen molar-refractivity contribution >= 4 is 0 Å². The predicted molar refractivity (Wildman–Crippen MR) is 93.1 cm³/mol. The van der Waals surface area contributed by atoms with Gasteiger partial charge in [-0.15, -0.1) is 6.58 Å². The zero-order chi connectivity index (χ0) is 15.4. The van der Waals surface area contributed by atoms with E-state index < -0.39 is 0 Å². The maximum absolute atomic E-state index is 10.0. The van der Waals surface area contributed by atoms with Crippen LogP contribution in [0.5, 0.6) is 5.75 Å². The Balaban J connectivity index is 1.50. The second kappa shape index (κ2) is 7.35. The van der Waals surface area contributed by atoms with E-state index in [1.165, 1.54) is 63.4 Å². The summed E-state index contributed by atoms with van der Waals surface area (Å²) in [6.07, 6.45) is 14.2. The molecule has 2 saturated carbocycles. The summed E-state index contributed by atoms with van der Waals surface area (Å²) in [6, 6.07) is 7.93. The van der Waals surface area contributed by atoms with Crippen LogP contribution in [0.3, 0.4) is 0 Å². The van der Waals surface area contributed by atoms with Crippen LogP contribution in [0.1, 0.15) is 69.3 Å². The number of phenols is 1. The van der Waals surface area contributed by atoms with Crippen LogP contribution in [-0.4, -0.2) is 5.11 Å². The molecule has 1 nitrogen and oxygen atoms in total. The Hall–Kier alpha value is -1.24. The predicted octanol–water partition coefficient (Wildman–Crippen LogP) is 6.05. The summed E-state index contributed by atoms with van der Waals surface area (Å²) in [6.45, 7) is 3.89. The molecular formula is C21H30O. The molecule has 0 heterocycles. The molecule has 22 heavy (non-hydrogen) atoms. The van der Waals surface area contributed by atoms with Gasteiger partial charge in [-0.3, -0.25) is 0 Å². The molecule has 1 aromatic carbocycles. The van der Waals surface area contributed by atoms with E-state index in [2.05, 4.69) is 24.8 Å². The fraction of sp³-hybridized carbons (Fsp3) is 0.619. The van der Waals surface area contributed by atoms with Crippen molar-refractivity contribution in [1.82, 2.24) is 0 Å². The Kier molecular flexibility index (Phi) is 5.23. The quantitative estimate of drug-likeness (QED) is 0.671. The smallest absolute Gasteiger partial charge is 0.119 e. The molecule has 1 aromatic rings. The molecular weight excluding hydrogens is 268 g/mol. The summed E-state index contributed by atoms with van der Waals surface area (Å²) in [5, 5.41) is 10.0. The second-order valence-electron chi connectivity index (χ2n) is 7.48. The van der Waals surface area contributed by atoms with Crippen molar-refractivity contribution in [2.24, 2.45) is 17.8 Å². The lowest BCUT2D eigenvalue weighted by atomic mass is 9.68. The van der Waals surface area contributed by atoms with Gasteiger partial charge in [0.15, 0.2) is 0 Å². The highest BCUT2D eigenvalue weighted by Gasteiger charge is 2.31. The van der Waals surface area contributed by atoms with Crippen LogP contribution in [-0.2, 0) is 0 Å². The normalized spacial score (nSPS) is 32.5. The standard InChI is InChI=1S/C21H30O/c1-2-5-16-8-10-17(11-9-16)18-12-14-19(15-13-18)20-6-3-4-7-21(20)22/h2-4,6-7,16-19,22H,1,5,8-15H2/t16-,17-,18-,19-. The highest BCUT2D eigenvalue weighted by molar-refractivity contribution is 5.35. The molecule has 0 atom stereocenters. The average molecular weight is 298 g/mol. The Labute approximate surface area is 135 Å². The van der Waals surface area contributed by atoms with Gasteiger partial charge in [0.2, 0.25) is 0 Å². The summed E-state index contributed by atoms with van der Waals surface area (Å²) in [7, 11) is 0. The van der Waals surface area contributed by atoms with E-state index in [1.807, 2.05) is 12.1 Å². The second-order valence-corrected chi connectivity index (χ2v) is 7.48. The van der Waals surface area contributed by atoms with Crippen LogP contribution in [0.25, 0.3) is 0 Å². The van der Waals surface area contributed by atoms with Crippen molar-refractivity contribution in [3.05, 3.63) is 42.5 Å². The molecule has 0 aliphatic heterocycles. The first-order chi connectivity index (χ1) is 10.8. The van der Waals surface area contributed by atoms with Crippen LogP contribution in [0.2, 0.25) is 0 Å². The van der Waals surface area contributed by atoms with Crippen molar-refractivity contribution in [3.63, 3.8) is 0 Å². The lowest BCUT2D eigenvalue weighted by molar-refractivity contribution is 0.160. The zero-order valence-corrected chi connectivity index (χ0v) is 13.7. The maximum Gasteiger partial charge on any atom is 0.119 e. The molecule has 1 N–H and O–H groups in total. The van der Waals surface area contributed by atoms with Crippen LogP contribution in [0.15, 0.2) is 36.9 Å². The number of hydrogen-bond donors (Lipinski definition) is 1. The van der Waals surface area contributed by atoms with Gasteiger partial charge in [0.05, 0.1) is 0 Å². The summed E-state index contributed by atoms with van der Waals surface area (Å²) < 4.78 is 0. The maximum atomic E-state index is 10.0. The molecule has 0 bridgehead atoms. The van der Waals surface area contributed by atoms with Crippen LogP contribution < -0.4 is 0 Å². The van der Waals surface area contributed by atoms with Crippen LogP contribution in [0, 0.1) is 17.8 Å².